The highest BCUT2D eigenvalue weighted by molar-refractivity contribution is 5.39. The molecule has 3 rings (SSSR count). The van der Waals surface area contributed by atoms with Crippen LogP contribution < -0.4 is 5.32 Å². The summed E-state index contributed by atoms with van der Waals surface area (Å²) >= 11 is 0. The van der Waals surface area contributed by atoms with E-state index in [1.165, 1.54) is 5.56 Å². The van der Waals surface area contributed by atoms with E-state index in [9.17, 15) is 0 Å². The zero-order chi connectivity index (χ0) is 15.2. The Morgan fingerprint density at radius 2 is 1.95 bits per heavy atom. The van der Waals surface area contributed by atoms with Gasteiger partial charge in [0.25, 0.3) is 0 Å². The Morgan fingerprint density at radius 1 is 1.09 bits per heavy atom. The van der Waals surface area contributed by atoms with Gasteiger partial charge in [0.15, 0.2) is 0 Å². The Kier molecular flexibility index (Phi) is 4.49. The number of aromatic nitrogens is 3. The molecule has 0 amide bonds. The number of nitrogens with one attached hydrogen (secondary N) is 1. The summed E-state index contributed by atoms with van der Waals surface area (Å²) in [4.78, 5) is 8.65. The van der Waals surface area contributed by atoms with Crippen molar-refractivity contribution in [1.29, 1.82) is 0 Å². The Morgan fingerprint density at radius 3 is 2.73 bits per heavy atom. The molecule has 0 aliphatic carbocycles. The fourth-order valence-electron chi connectivity index (χ4n) is 2.57. The smallest absolute Gasteiger partial charge is 0.115 e. The zero-order valence-corrected chi connectivity index (χ0v) is 12.7. The van der Waals surface area contributed by atoms with Gasteiger partial charge in [0, 0.05) is 43.8 Å². The average Bonchev–Trinajstić information content (AvgIpc) is 3.04. The van der Waals surface area contributed by atoms with Gasteiger partial charge >= 0.3 is 0 Å². The normalized spacial score (nSPS) is 12.0. The van der Waals surface area contributed by atoms with E-state index in [-0.39, 0.29) is 5.92 Å². The van der Waals surface area contributed by atoms with E-state index in [0.717, 1.165) is 24.6 Å². The molecule has 1 aromatic carbocycles. The van der Waals surface area contributed by atoms with Crippen LogP contribution in [0.3, 0.4) is 0 Å². The van der Waals surface area contributed by atoms with Crippen molar-refractivity contribution in [2.45, 2.75) is 19.4 Å². The van der Waals surface area contributed by atoms with Crippen LogP contribution in [-0.2, 0) is 6.54 Å². The first-order chi connectivity index (χ1) is 10.8. The van der Waals surface area contributed by atoms with Crippen molar-refractivity contribution in [3.63, 3.8) is 0 Å². The van der Waals surface area contributed by atoms with E-state index in [1.807, 2.05) is 36.8 Å². The second kappa shape index (κ2) is 6.89. The lowest BCUT2D eigenvalue weighted by molar-refractivity contribution is 0.651. The van der Waals surface area contributed by atoms with Crippen molar-refractivity contribution >= 4 is 5.69 Å². The lowest BCUT2D eigenvalue weighted by Crippen LogP contribution is -2.14. The quantitative estimate of drug-likeness (QED) is 0.755. The molecule has 0 bridgehead atoms. The van der Waals surface area contributed by atoms with Gasteiger partial charge in [0.1, 0.15) is 5.82 Å². The number of rotatable bonds is 6. The van der Waals surface area contributed by atoms with Crippen molar-refractivity contribution in [2.75, 3.05) is 11.9 Å². The number of pyridine rings is 1. The number of hydrogen-bond acceptors (Lipinski definition) is 3. The number of imidazole rings is 1. The van der Waals surface area contributed by atoms with Crippen molar-refractivity contribution in [3.8, 4) is 0 Å². The fourth-order valence-corrected chi connectivity index (χ4v) is 2.57. The summed E-state index contributed by atoms with van der Waals surface area (Å²) in [6.45, 7) is 3.92. The first-order valence-electron chi connectivity index (χ1n) is 7.54. The van der Waals surface area contributed by atoms with E-state index in [4.69, 9.17) is 0 Å². The van der Waals surface area contributed by atoms with Gasteiger partial charge in [0.05, 0.1) is 5.69 Å². The second-order valence-electron chi connectivity index (χ2n) is 5.28. The number of hydrogen-bond donors (Lipinski definition) is 1. The highest BCUT2D eigenvalue weighted by Gasteiger charge is 2.13. The Bertz CT molecular complexity index is 691. The van der Waals surface area contributed by atoms with Gasteiger partial charge in [-0.2, -0.15) is 0 Å². The molecule has 2 aromatic heterocycles. The maximum atomic E-state index is 4.54. The molecule has 112 valence electrons. The van der Waals surface area contributed by atoms with Crippen LogP contribution >= 0.6 is 0 Å². The lowest BCUT2D eigenvalue weighted by atomic mass is 10.0. The van der Waals surface area contributed by atoms with E-state index in [1.54, 1.807) is 6.20 Å². The van der Waals surface area contributed by atoms with Gasteiger partial charge in [-0.25, -0.2) is 4.98 Å². The number of benzene rings is 1. The maximum absolute atomic E-state index is 4.54. The Balaban J connectivity index is 1.65. The summed E-state index contributed by atoms with van der Waals surface area (Å²) in [6, 6.07) is 14.4. The highest BCUT2D eigenvalue weighted by atomic mass is 15.1. The van der Waals surface area contributed by atoms with Crippen LogP contribution in [0.25, 0.3) is 0 Å². The minimum atomic E-state index is 0.287. The lowest BCUT2D eigenvalue weighted by Gasteiger charge is -2.15. The van der Waals surface area contributed by atoms with Crippen LogP contribution in [0.4, 0.5) is 5.69 Å². The van der Waals surface area contributed by atoms with Crippen molar-refractivity contribution in [2.24, 2.45) is 0 Å². The topological polar surface area (TPSA) is 42.7 Å². The van der Waals surface area contributed by atoms with Gasteiger partial charge in [-0.3, -0.25) is 4.98 Å². The molecule has 0 fully saturated rings. The molecule has 2 heterocycles. The van der Waals surface area contributed by atoms with Crippen LogP contribution in [0.2, 0.25) is 0 Å². The summed E-state index contributed by atoms with van der Waals surface area (Å²) in [6.07, 6.45) is 7.53. The minimum absolute atomic E-state index is 0.287. The fraction of sp³-hybridized carbons (Fsp3) is 0.222. The number of nitrogens with zero attached hydrogens (tertiary/aromatic N) is 3. The molecule has 4 nitrogen and oxygen atoms in total. The minimum Gasteiger partial charge on any atom is -0.382 e. The van der Waals surface area contributed by atoms with E-state index in [0.29, 0.717) is 0 Å². The van der Waals surface area contributed by atoms with Gasteiger partial charge in [-0.05, 0) is 17.7 Å². The molecule has 0 spiro atoms. The van der Waals surface area contributed by atoms with Crippen molar-refractivity contribution < 1.29 is 0 Å². The van der Waals surface area contributed by atoms with E-state index < -0.39 is 0 Å². The maximum Gasteiger partial charge on any atom is 0.115 e. The Hall–Kier alpha value is -2.62. The van der Waals surface area contributed by atoms with E-state index in [2.05, 4.69) is 51.0 Å². The SMILES string of the molecule is C[C@H](c1ccccc1)c1nccn1CCNc1cccnc1. The third kappa shape index (κ3) is 3.34. The molecule has 1 N–H and O–H groups in total. The molecule has 0 aliphatic rings. The molecule has 0 saturated carbocycles. The van der Waals surface area contributed by atoms with Crippen LogP contribution in [0.15, 0.2) is 67.3 Å². The Labute approximate surface area is 130 Å². The molecule has 1 atom stereocenters. The molecular weight excluding hydrogens is 272 g/mol. The molecule has 0 saturated heterocycles. The van der Waals surface area contributed by atoms with Gasteiger partial charge in [-0.1, -0.05) is 37.3 Å². The molecule has 4 heteroatoms. The molecule has 3 aromatic rings. The monoisotopic (exact) mass is 292 g/mol. The third-order valence-electron chi connectivity index (χ3n) is 3.78. The van der Waals surface area contributed by atoms with Crippen LogP contribution in [0.5, 0.6) is 0 Å². The van der Waals surface area contributed by atoms with Crippen molar-refractivity contribution in [3.05, 3.63) is 78.6 Å². The van der Waals surface area contributed by atoms with Gasteiger partial charge < -0.3 is 9.88 Å². The molecule has 22 heavy (non-hydrogen) atoms. The summed E-state index contributed by atoms with van der Waals surface area (Å²) in [5, 5.41) is 3.38. The third-order valence-corrected chi connectivity index (χ3v) is 3.78. The van der Waals surface area contributed by atoms with E-state index >= 15 is 0 Å². The standard InChI is InChI=1S/C18H20N4/c1-15(16-6-3-2-4-7-16)18-21-11-13-22(18)12-10-20-17-8-5-9-19-14-17/h2-9,11,13-15,20H,10,12H2,1H3/t15-/m1/s1. The highest BCUT2D eigenvalue weighted by Crippen LogP contribution is 2.22. The largest absolute Gasteiger partial charge is 0.382 e. The predicted octanol–water partition coefficient (Wildman–Crippen LogP) is 3.54. The summed E-state index contributed by atoms with van der Waals surface area (Å²) in [5.74, 6) is 1.38. The van der Waals surface area contributed by atoms with Crippen LogP contribution in [0.1, 0.15) is 24.2 Å². The summed E-state index contributed by atoms with van der Waals surface area (Å²) in [5.41, 5.74) is 2.33. The van der Waals surface area contributed by atoms with Crippen LogP contribution in [-0.4, -0.2) is 21.1 Å². The van der Waals surface area contributed by atoms with Gasteiger partial charge in [-0.15, -0.1) is 0 Å². The summed E-state index contributed by atoms with van der Waals surface area (Å²) in [7, 11) is 0. The summed E-state index contributed by atoms with van der Waals surface area (Å²) < 4.78 is 2.21. The first kappa shape index (κ1) is 14.3. The van der Waals surface area contributed by atoms with Gasteiger partial charge in [0.2, 0.25) is 0 Å². The first-order valence-corrected chi connectivity index (χ1v) is 7.54. The predicted molar refractivity (Wildman–Crippen MR) is 88.9 cm³/mol. The second-order valence-corrected chi connectivity index (χ2v) is 5.28. The van der Waals surface area contributed by atoms with Crippen LogP contribution in [0, 0.1) is 0 Å². The zero-order valence-electron chi connectivity index (χ0n) is 12.7. The molecule has 0 radical (unpaired) electrons. The molecular formula is C18H20N4. The average molecular weight is 292 g/mol. The number of anilines is 1. The molecule has 0 aliphatic heterocycles. The van der Waals surface area contributed by atoms with Crippen molar-refractivity contribution in [1.82, 2.24) is 14.5 Å². The molecule has 0 unspecified atom stereocenters.